The molecule has 0 unspecified atom stereocenters. The Bertz CT molecular complexity index is 353. The molecule has 0 atom stereocenters. The Morgan fingerprint density at radius 2 is 2.21 bits per heavy atom. The second-order valence-corrected chi connectivity index (χ2v) is 4.16. The van der Waals surface area contributed by atoms with Gasteiger partial charge in [0.1, 0.15) is 0 Å². The van der Waals surface area contributed by atoms with Crippen LogP contribution in [0, 0.1) is 6.92 Å². The van der Waals surface area contributed by atoms with Crippen LogP contribution >= 0.6 is 11.6 Å². The van der Waals surface area contributed by atoms with E-state index in [1.165, 1.54) is 12.8 Å². The van der Waals surface area contributed by atoms with E-state index in [2.05, 4.69) is 5.10 Å². The first kappa shape index (κ1) is 9.71. The molecule has 76 valence electrons. The first-order valence-electron chi connectivity index (χ1n) is 4.94. The van der Waals surface area contributed by atoms with Gasteiger partial charge in [0.25, 0.3) is 5.24 Å². The largest absolute Gasteiger partial charge is 0.275 e. The van der Waals surface area contributed by atoms with Gasteiger partial charge in [0.15, 0.2) is 0 Å². The number of carbonyl (C=O) groups is 1. The summed E-state index contributed by atoms with van der Waals surface area (Å²) in [6.45, 7) is 1.82. The molecule has 1 aliphatic carbocycles. The van der Waals surface area contributed by atoms with Crippen molar-refractivity contribution in [2.24, 2.45) is 0 Å². The summed E-state index contributed by atoms with van der Waals surface area (Å²) >= 11 is 5.44. The highest BCUT2D eigenvalue weighted by atomic mass is 35.5. The van der Waals surface area contributed by atoms with Gasteiger partial charge in [-0.3, -0.25) is 9.48 Å². The van der Waals surface area contributed by atoms with E-state index in [-0.39, 0.29) is 0 Å². The SMILES string of the molecule is Cc1nn(C2CCCC2)cc1C(=O)Cl. The Labute approximate surface area is 88.1 Å². The zero-order valence-electron chi connectivity index (χ0n) is 8.16. The first-order valence-corrected chi connectivity index (χ1v) is 5.32. The monoisotopic (exact) mass is 212 g/mol. The van der Waals surface area contributed by atoms with Gasteiger partial charge in [-0.15, -0.1) is 0 Å². The smallest absolute Gasteiger partial charge is 0.255 e. The summed E-state index contributed by atoms with van der Waals surface area (Å²) in [6.07, 6.45) is 6.62. The molecule has 0 radical (unpaired) electrons. The van der Waals surface area contributed by atoms with Crippen molar-refractivity contribution < 1.29 is 4.79 Å². The van der Waals surface area contributed by atoms with Crippen molar-refractivity contribution in [3.63, 3.8) is 0 Å². The van der Waals surface area contributed by atoms with Gasteiger partial charge in [-0.05, 0) is 31.4 Å². The molecule has 1 fully saturated rings. The number of aryl methyl sites for hydroxylation is 1. The summed E-state index contributed by atoms with van der Waals surface area (Å²) in [5, 5.41) is 3.91. The van der Waals surface area contributed by atoms with Crippen molar-refractivity contribution in [1.29, 1.82) is 0 Å². The molecule has 0 N–H and O–H groups in total. The number of rotatable bonds is 2. The maximum Gasteiger partial charge on any atom is 0.255 e. The maximum atomic E-state index is 11.0. The molecule has 1 aromatic rings. The van der Waals surface area contributed by atoms with E-state index in [0.29, 0.717) is 11.6 Å². The molecular formula is C10H13ClN2O. The third kappa shape index (κ3) is 1.69. The Balaban J connectivity index is 2.27. The molecule has 14 heavy (non-hydrogen) atoms. The highest BCUT2D eigenvalue weighted by Gasteiger charge is 2.20. The molecule has 3 nitrogen and oxygen atoms in total. The highest BCUT2D eigenvalue weighted by molar-refractivity contribution is 6.67. The van der Waals surface area contributed by atoms with E-state index >= 15 is 0 Å². The molecule has 0 spiro atoms. The third-order valence-electron chi connectivity index (χ3n) is 2.83. The van der Waals surface area contributed by atoms with Gasteiger partial charge in [0, 0.05) is 6.20 Å². The van der Waals surface area contributed by atoms with Gasteiger partial charge in [-0.25, -0.2) is 0 Å². The summed E-state index contributed by atoms with van der Waals surface area (Å²) < 4.78 is 1.90. The van der Waals surface area contributed by atoms with Crippen LogP contribution < -0.4 is 0 Å². The van der Waals surface area contributed by atoms with Crippen LogP contribution in [0.1, 0.15) is 47.8 Å². The van der Waals surface area contributed by atoms with Crippen LogP contribution in [0.4, 0.5) is 0 Å². The van der Waals surface area contributed by atoms with Crippen molar-refractivity contribution in [2.45, 2.75) is 38.6 Å². The summed E-state index contributed by atoms with van der Waals surface area (Å²) in [7, 11) is 0. The van der Waals surface area contributed by atoms with E-state index in [9.17, 15) is 4.79 Å². The number of aromatic nitrogens is 2. The van der Waals surface area contributed by atoms with Gasteiger partial charge in [-0.2, -0.15) is 5.10 Å². The number of nitrogens with zero attached hydrogens (tertiary/aromatic N) is 2. The van der Waals surface area contributed by atoms with Crippen LogP contribution in [-0.4, -0.2) is 15.0 Å². The van der Waals surface area contributed by atoms with Crippen molar-refractivity contribution in [2.75, 3.05) is 0 Å². The molecule has 1 heterocycles. The van der Waals surface area contributed by atoms with Crippen LogP contribution in [0.3, 0.4) is 0 Å². The van der Waals surface area contributed by atoms with Crippen LogP contribution in [0.5, 0.6) is 0 Å². The van der Waals surface area contributed by atoms with Crippen LogP contribution in [-0.2, 0) is 0 Å². The van der Waals surface area contributed by atoms with E-state index in [0.717, 1.165) is 18.5 Å². The lowest BCUT2D eigenvalue weighted by atomic mass is 10.2. The average Bonchev–Trinajstić information content (AvgIpc) is 2.70. The molecule has 0 saturated heterocycles. The number of halogens is 1. The Kier molecular flexibility index (Phi) is 2.59. The van der Waals surface area contributed by atoms with Crippen molar-refractivity contribution >= 4 is 16.8 Å². The fourth-order valence-electron chi connectivity index (χ4n) is 2.03. The lowest BCUT2D eigenvalue weighted by Gasteiger charge is -2.08. The summed E-state index contributed by atoms with van der Waals surface area (Å²) in [6, 6.07) is 0.471. The normalized spacial score (nSPS) is 17.6. The van der Waals surface area contributed by atoms with Gasteiger partial charge in [0.05, 0.1) is 17.3 Å². The predicted octanol–water partition coefficient (Wildman–Crippen LogP) is 2.69. The Hall–Kier alpha value is -0.830. The summed E-state index contributed by atoms with van der Waals surface area (Å²) in [4.78, 5) is 11.0. The molecular weight excluding hydrogens is 200 g/mol. The van der Waals surface area contributed by atoms with Crippen molar-refractivity contribution in [1.82, 2.24) is 9.78 Å². The minimum absolute atomic E-state index is 0.410. The Morgan fingerprint density at radius 3 is 2.71 bits per heavy atom. The molecule has 0 aromatic carbocycles. The second-order valence-electron chi connectivity index (χ2n) is 3.82. The summed E-state index contributed by atoms with van der Waals surface area (Å²) in [5.41, 5.74) is 1.27. The molecule has 4 heteroatoms. The fraction of sp³-hybridized carbons (Fsp3) is 0.600. The molecule has 1 aromatic heterocycles. The lowest BCUT2D eigenvalue weighted by Crippen LogP contribution is -2.04. The number of hydrogen-bond donors (Lipinski definition) is 0. The third-order valence-corrected chi connectivity index (χ3v) is 3.03. The van der Waals surface area contributed by atoms with Gasteiger partial charge < -0.3 is 0 Å². The zero-order valence-corrected chi connectivity index (χ0v) is 8.92. The first-order chi connectivity index (χ1) is 6.68. The van der Waals surface area contributed by atoms with Crippen LogP contribution in [0.25, 0.3) is 0 Å². The van der Waals surface area contributed by atoms with Gasteiger partial charge >= 0.3 is 0 Å². The molecule has 1 aliphatic rings. The van der Waals surface area contributed by atoms with Crippen LogP contribution in [0.2, 0.25) is 0 Å². The topological polar surface area (TPSA) is 34.9 Å². The number of carbonyl (C=O) groups excluding carboxylic acids is 1. The van der Waals surface area contributed by atoms with E-state index in [4.69, 9.17) is 11.6 Å². The quantitative estimate of drug-likeness (QED) is 0.707. The Morgan fingerprint density at radius 1 is 1.57 bits per heavy atom. The van der Waals surface area contributed by atoms with Crippen molar-refractivity contribution in [3.05, 3.63) is 17.5 Å². The predicted molar refractivity (Wildman–Crippen MR) is 54.7 cm³/mol. The standard InChI is InChI=1S/C10H13ClN2O/c1-7-9(10(11)14)6-13(12-7)8-4-2-3-5-8/h6,8H,2-5H2,1H3. The molecule has 0 amide bonds. The highest BCUT2D eigenvalue weighted by Crippen LogP contribution is 2.29. The van der Waals surface area contributed by atoms with E-state index < -0.39 is 5.24 Å². The molecule has 2 rings (SSSR count). The minimum Gasteiger partial charge on any atom is -0.275 e. The van der Waals surface area contributed by atoms with Crippen LogP contribution in [0.15, 0.2) is 6.20 Å². The summed E-state index contributed by atoms with van der Waals surface area (Å²) in [5.74, 6) is 0. The van der Waals surface area contributed by atoms with E-state index in [1.807, 2.05) is 11.6 Å². The minimum atomic E-state index is -0.410. The second kappa shape index (κ2) is 3.73. The molecule has 1 saturated carbocycles. The molecule has 0 aliphatic heterocycles. The van der Waals surface area contributed by atoms with Gasteiger partial charge in [0.2, 0.25) is 0 Å². The lowest BCUT2D eigenvalue weighted by molar-refractivity contribution is 0.108. The van der Waals surface area contributed by atoms with Gasteiger partial charge in [-0.1, -0.05) is 12.8 Å². The van der Waals surface area contributed by atoms with E-state index in [1.54, 1.807) is 6.20 Å². The fourth-order valence-corrected chi connectivity index (χ4v) is 2.22. The average molecular weight is 213 g/mol. The number of hydrogen-bond acceptors (Lipinski definition) is 2. The zero-order chi connectivity index (χ0) is 10.1. The van der Waals surface area contributed by atoms with Crippen molar-refractivity contribution in [3.8, 4) is 0 Å². The maximum absolute atomic E-state index is 11.0. The molecule has 0 bridgehead atoms.